The Bertz CT molecular complexity index is 812. The summed E-state index contributed by atoms with van der Waals surface area (Å²) in [6, 6.07) is 5.11. The zero-order chi connectivity index (χ0) is 16.0. The summed E-state index contributed by atoms with van der Waals surface area (Å²) in [7, 11) is 0. The van der Waals surface area contributed by atoms with E-state index in [-0.39, 0.29) is 51.2 Å². The van der Waals surface area contributed by atoms with Gasteiger partial charge in [0.05, 0.1) is 0 Å². The Morgan fingerprint density at radius 3 is 2.27 bits per heavy atom. The molecule has 1 heterocycles. The van der Waals surface area contributed by atoms with Crippen LogP contribution in [0.25, 0.3) is 5.76 Å². The van der Waals surface area contributed by atoms with Crippen LogP contribution in [0.4, 0.5) is 0 Å². The van der Waals surface area contributed by atoms with E-state index in [0.717, 1.165) is 6.07 Å². The minimum absolute atomic E-state index is 0.00296. The third-order valence-electron chi connectivity index (χ3n) is 3.33. The minimum atomic E-state index is -0.356. The minimum Gasteiger partial charge on any atom is -0.508 e. The van der Waals surface area contributed by atoms with Gasteiger partial charge in [0.1, 0.15) is 21.7 Å². The summed E-state index contributed by atoms with van der Waals surface area (Å²) >= 11 is 3.17. The highest BCUT2D eigenvalue weighted by Gasteiger charge is 2.27. The molecule has 0 bridgehead atoms. The van der Waals surface area contributed by atoms with Crippen molar-refractivity contribution in [1.82, 2.24) is 0 Å². The fraction of sp³-hybridized carbons (Fsp3) is 0.0667. The molecule has 3 rings (SSSR count). The fourth-order valence-corrected chi connectivity index (χ4v) is 2.66. The van der Waals surface area contributed by atoms with Crippen molar-refractivity contribution in [3.05, 3.63) is 45.6 Å². The van der Waals surface area contributed by atoms with Gasteiger partial charge >= 0.3 is 0 Å². The molecule has 0 spiro atoms. The highest BCUT2D eigenvalue weighted by atomic mass is 79.9. The first-order chi connectivity index (χ1) is 10.4. The van der Waals surface area contributed by atoms with Crippen LogP contribution in [0.3, 0.4) is 0 Å². The SMILES string of the molecule is OC1=C(c2ccc(O)c(O)c2)Oc2c(Br)c(O)cc(O)c2C1. The lowest BCUT2D eigenvalue weighted by Gasteiger charge is -2.23. The van der Waals surface area contributed by atoms with E-state index in [1.54, 1.807) is 0 Å². The summed E-state index contributed by atoms with van der Waals surface area (Å²) in [6.45, 7) is 0. The van der Waals surface area contributed by atoms with Gasteiger partial charge in [0.2, 0.25) is 0 Å². The summed E-state index contributed by atoms with van der Waals surface area (Å²) in [4.78, 5) is 0. The molecule has 5 N–H and O–H groups in total. The van der Waals surface area contributed by atoms with Crippen molar-refractivity contribution >= 4 is 21.7 Å². The zero-order valence-corrected chi connectivity index (χ0v) is 12.6. The van der Waals surface area contributed by atoms with E-state index in [0.29, 0.717) is 11.1 Å². The van der Waals surface area contributed by atoms with Gasteiger partial charge in [0.15, 0.2) is 23.0 Å². The number of ether oxygens (including phenoxy) is 1. The molecule has 6 nitrogen and oxygen atoms in total. The number of halogens is 1. The first kappa shape index (κ1) is 14.4. The molecule has 114 valence electrons. The largest absolute Gasteiger partial charge is 0.508 e. The van der Waals surface area contributed by atoms with Gasteiger partial charge in [-0.2, -0.15) is 0 Å². The number of aromatic hydroxyl groups is 4. The zero-order valence-electron chi connectivity index (χ0n) is 11.0. The van der Waals surface area contributed by atoms with E-state index in [4.69, 9.17) is 4.74 Å². The highest BCUT2D eigenvalue weighted by Crippen LogP contribution is 2.47. The van der Waals surface area contributed by atoms with E-state index >= 15 is 0 Å². The summed E-state index contributed by atoms with van der Waals surface area (Å²) in [5, 5.41) is 48.6. The molecule has 0 aromatic heterocycles. The molecule has 0 saturated carbocycles. The van der Waals surface area contributed by atoms with Gasteiger partial charge in [-0.3, -0.25) is 0 Å². The standard InChI is InChI=1S/C15H11BrO6/c16-13-11(20)5-9(18)7-4-12(21)14(22-15(7)13)6-1-2-8(17)10(19)3-6/h1-3,5,17-21H,4H2. The lowest BCUT2D eigenvalue weighted by molar-refractivity contribution is 0.347. The number of aliphatic hydroxyl groups is 1. The van der Waals surface area contributed by atoms with Gasteiger partial charge in [-0.25, -0.2) is 0 Å². The maximum Gasteiger partial charge on any atom is 0.172 e. The van der Waals surface area contributed by atoms with Gasteiger partial charge < -0.3 is 30.3 Å². The van der Waals surface area contributed by atoms with Crippen LogP contribution in [-0.2, 0) is 6.42 Å². The van der Waals surface area contributed by atoms with E-state index in [9.17, 15) is 25.5 Å². The summed E-state index contributed by atoms with van der Waals surface area (Å²) in [6.07, 6.45) is -0.00296. The molecule has 0 saturated heterocycles. The number of rotatable bonds is 1. The molecule has 0 radical (unpaired) electrons. The summed E-state index contributed by atoms with van der Waals surface area (Å²) in [5.74, 6) is -0.959. The molecule has 0 atom stereocenters. The van der Waals surface area contributed by atoms with Crippen molar-refractivity contribution in [2.75, 3.05) is 0 Å². The van der Waals surface area contributed by atoms with Crippen LogP contribution in [-0.4, -0.2) is 25.5 Å². The van der Waals surface area contributed by atoms with E-state index in [2.05, 4.69) is 15.9 Å². The van der Waals surface area contributed by atoms with Crippen molar-refractivity contribution in [3.63, 3.8) is 0 Å². The lowest BCUT2D eigenvalue weighted by atomic mass is 10.0. The summed E-state index contributed by atoms with van der Waals surface area (Å²) < 4.78 is 5.83. The Morgan fingerprint density at radius 2 is 1.59 bits per heavy atom. The van der Waals surface area contributed by atoms with Crippen molar-refractivity contribution in [2.24, 2.45) is 0 Å². The molecule has 0 unspecified atom stereocenters. The Morgan fingerprint density at radius 1 is 0.864 bits per heavy atom. The third kappa shape index (κ3) is 2.19. The Hall–Kier alpha value is -2.54. The quantitative estimate of drug-likeness (QED) is 0.496. The highest BCUT2D eigenvalue weighted by molar-refractivity contribution is 9.10. The number of hydrogen-bond donors (Lipinski definition) is 5. The maximum atomic E-state index is 10.1. The Balaban J connectivity index is 2.11. The van der Waals surface area contributed by atoms with Crippen molar-refractivity contribution < 1.29 is 30.3 Å². The first-order valence-corrected chi connectivity index (χ1v) is 7.03. The number of phenolic OH excluding ortho intramolecular Hbond substituents is 4. The average Bonchev–Trinajstić information content (AvgIpc) is 2.47. The van der Waals surface area contributed by atoms with Crippen LogP contribution in [0, 0.1) is 0 Å². The number of phenols is 4. The normalized spacial score (nSPS) is 13.7. The van der Waals surface area contributed by atoms with Crippen molar-refractivity contribution in [1.29, 1.82) is 0 Å². The smallest absolute Gasteiger partial charge is 0.172 e. The molecule has 1 aliphatic rings. The first-order valence-electron chi connectivity index (χ1n) is 6.24. The van der Waals surface area contributed by atoms with Crippen LogP contribution in [0.5, 0.6) is 28.7 Å². The second kappa shape index (κ2) is 5.03. The lowest BCUT2D eigenvalue weighted by Crippen LogP contribution is -2.10. The molecule has 0 aliphatic carbocycles. The molecular weight excluding hydrogens is 356 g/mol. The van der Waals surface area contributed by atoms with Crippen molar-refractivity contribution in [2.45, 2.75) is 6.42 Å². The van der Waals surface area contributed by atoms with Gasteiger partial charge in [-0.05, 0) is 34.1 Å². The van der Waals surface area contributed by atoms with Gasteiger partial charge in [-0.1, -0.05) is 0 Å². The van der Waals surface area contributed by atoms with Crippen LogP contribution in [0.1, 0.15) is 11.1 Å². The topological polar surface area (TPSA) is 110 Å². The third-order valence-corrected chi connectivity index (χ3v) is 4.10. The van der Waals surface area contributed by atoms with E-state index < -0.39 is 0 Å². The van der Waals surface area contributed by atoms with Gasteiger partial charge in [0.25, 0.3) is 0 Å². The molecule has 1 aliphatic heterocycles. The number of allylic oxidation sites excluding steroid dienone is 1. The second-order valence-electron chi connectivity index (χ2n) is 4.79. The second-order valence-corrected chi connectivity index (χ2v) is 5.59. The molecule has 2 aromatic rings. The van der Waals surface area contributed by atoms with Gasteiger partial charge in [-0.15, -0.1) is 0 Å². The fourth-order valence-electron chi connectivity index (χ4n) is 2.22. The van der Waals surface area contributed by atoms with Crippen LogP contribution >= 0.6 is 15.9 Å². The predicted molar refractivity (Wildman–Crippen MR) is 81.1 cm³/mol. The molecule has 0 amide bonds. The van der Waals surface area contributed by atoms with Crippen LogP contribution in [0.2, 0.25) is 0 Å². The van der Waals surface area contributed by atoms with Gasteiger partial charge in [0, 0.05) is 23.6 Å². The monoisotopic (exact) mass is 366 g/mol. The number of hydrogen-bond acceptors (Lipinski definition) is 6. The average molecular weight is 367 g/mol. The number of fused-ring (bicyclic) bond motifs is 1. The van der Waals surface area contributed by atoms with Crippen molar-refractivity contribution in [3.8, 4) is 28.7 Å². The Kier molecular flexibility index (Phi) is 3.29. The van der Waals surface area contributed by atoms with E-state index in [1.807, 2.05) is 0 Å². The van der Waals surface area contributed by atoms with Crippen LogP contribution in [0.15, 0.2) is 34.5 Å². The number of benzene rings is 2. The molecule has 0 fully saturated rings. The maximum absolute atomic E-state index is 10.1. The molecule has 2 aromatic carbocycles. The number of aliphatic hydroxyl groups excluding tert-OH is 1. The molecule has 22 heavy (non-hydrogen) atoms. The molecule has 7 heteroatoms. The predicted octanol–water partition coefficient (Wildman–Crippen LogP) is 3.13. The molecular formula is C15H11BrO6. The Labute approximate surface area is 133 Å². The van der Waals surface area contributed by atoms with Crippen LogP contribution < -0.4 is 4.74 Å². The summed E-state index contributed by atoms with van der Waals surface area (Å²) in [5.41, 5.74) is 0.669. The van der Waals surface area contributed by atoms with E-state index in [1.165, 1.54) is 18.2 Å².